The van der Waals surface area contributed by atoms with Crippen LogP contribution in [0.4, 0.5) is 0 Å². The second kappa shape index (κ2) is 3.77. The van der Waals surface area contributed by atoms with Crippen LogP contribution in [0.15, 0.2) is 0 Å². The number of carbonyl (C=O) groups excluding carboxylic acids is 1. The summed E-state index contributed by atoms with van der Waals surface area (Å²) in [6.45, 7) is 7.96. The Balaban J connectivity index is 3.27. The summed E-state index contributed by atoms with van der Waals surface area (Å²) in [5.74, 6) is 0.744. The lowest BCUT2D eigenvalue weighted by Gasteiger charge is -2.14. The fourth-order valence-electron chi connectivity index (χ4n) is 1.37. The maximum absolute atomic E-state index is 11.1. The van der Waals surface area contributed by atoms with Gasteiger partial charge >= 0.3 is 0 Å². The van der Waals surface area contributed by atoms with Crippen molar-refractivity contribution in [3.8, 4) is 0 Å². The van der Waals surface area contributed by atoms with Crippen LogP contribution in [-0.2, 0) is 0 Å². The number of nitrogens with zero attached hydrogens (tertiary/aromatic N) is 3. The van der Waals surface area contributed by atoms with Gasteiger partial charge in [-0.25, -0.2) is 0 Å². The maximum atomic E-state index is 11.1. The number of hydrogen-bond acceptors (Lipinski definition) is 3. The highest BCUT2D eigenvalue weighted by molar-refractivity contribution is 5.89. The Kier molecular flexibility index (Phi) is 2.88. The Morgan fingerprint density at radius 3 is 2.21 bits per heavy atom. The van der Waals surface area contributed by atoms with E-state index < -0.39 is 5.91 Å². The van der Waals surface area contributed by atoms with Gasteiger partial charge in [-0.1, -0.05) is 13.8 Å². The van der Waals surface area contributed by atoms with E-state index in [-0.39, 0.29) is 17.8 Å². The molecule has 1 aromatic heterocycles. The second-order valence-electron chi connectivity index (χ2n) is 3.86. The Morgan fingerprint density at radius 1 is 1.29 bits per heavy atom. The minimum absolute atomic E-state index is 0.143. The van der Waals surface area contributed by atoms with Gasteiger partial charge in [-0.05, 0) is 13.8 Å². The molecule has 2 N–H and O–H groups in total. The van der Waals surface area contributed by atoms with Crippen LogP contribution in [-0.4, -0.2) is 20.7 Å². The smallest absolute Gasteiger partial charge is 0.286 e. The SMILES string of the molecule is CC(C)c1nnc(C(N)=O)n1C(C)C. The lowest BCUT2D eigenvalue weighted by atomic mass is 10.2. The molecule has 0 bridgehead atoms. The topological polar surface area (TPSA) is 73.8 Å². The fraction of sp³-hybridized carbons (Fsp3) is 0.667. The van der Waals surface area contributed by atoms with Crippen molar-refractivity contribution in [1.82, 2.24) is 14.8 Å². The summed E-state index contributed by atoms with van der Waals surface area (Å²) in [4.78, 5) is 11.1. The van der Waals surface area contributed by atoms with Crippen LogP contribution in [0.1, 0.15) is 56.1 Å². The molecule has 14 heavy (non-hydrogen) atoms. The van der Waals surface area contributed by atoms with Crippen molar-refractivity contribution >= 4 is 5.91 Å². The number of rotatable bonds is 3. The zero-order valence-corrected chi connectivity index (χ0v) is 8.98. The van der Waals surface area contributed by atoms with Crippen molar-refractivity contribution < 1.29 is 4.79 Å². The molecule has 0 fully saturated rings. The molecule has 0 aliphatic rings. The number of aromatic nitrogens is 3. The minimum atomic E-state index is -0.530. The van der Waals surface area contributed by atoms with Gasteiger partial charge in [0.1, 0.15) is 5.82 Å². The van der Waals surface area contributed by atoms with Crippen molar-refractivity contribution in [1.29, 1.82) is 0 Å². The molecule has 1 amide bonds. The van der Waals surface area contributed by atoms with Gasteiger partial charge in [-0.15, -0.1) is 10.2 Å². The lowest BCUT2D eigenvalue weighted by molar-refractivity contribution is 0.0984. The lowest BCUT2D eigenvalue weighted by Crippen LogP contribution is -2.20. The molecule has 0 radical (unpaired) electrons. The molecule has 0 aliphatic carbocycles. The predicted molar refractivity (Wildman–Crippen MR) is 53.0 cm³/mol. The van der Waals surface area contributed by atoms with E-state index in [4.69, 9.17) is 5.73 Å². The third-order valence-electron chi connectivity index (χ3n) is 1.98. The summed E-state index contributed by atoms with van der Waals surface area (Å²) in [7, 11) is 0. The highest BCUT2D eigenvalue weighted by Crippen LogP contribution is 2.18. The number of nitrogens with two attached hydrogens (primary N) is 1. The summed E-state index contributed by atoms with van der Waals surface area (Å²) in [6, 6.07) is 0.143. The van der Waals surface area contributed by atoms with E-state index in [1.807, 2.05) is 27.7 Å². The Morgan fingerprint density at radius 2 is 1.86 bits per heavy atom. The van der Waals surface area contributed by atoms with Gasteiger partial charge in [-0.3, -0.25) is 4.79 Å². The highest BCUT2D eigenvalue weighted by atomic mass is 16.1. The number of amides is 1. The van der Waals surface area contributed by atoms with E-state index in [9.17, 15) is 4.79 Å². The van der Waals surface area contributed by atoms with Crippen LogP contribution in [0, 0.1) is 0 Å². The Labute approximate surface area is 83.3 Å². The van der Waals surface area contributed by atoms with E-state index in [2.05, 4.69) is 10.2 Å². The first-order valence-corrected chi connectivity index (χ1v) is 4.69. The molecule has 1 aromatic rings. The van der Waals surface area contributed by atoms with Crippen molar-refractivity contribution in [2.24, 2.45) is 5.73 Å². The third kappa shape index (κ3) is 1.76. The summed E-state index contributed by atoms with van der Waals surface area (Å²) < 4.78 is 1.78. The van der Waals surface area contributed by atoms with E-state index in [0.717, 1.165) is 5.82 Å². The first-order valence-electron chi connectivity index (χ1n) is 4.69. The van der Waals surface area contributed by atoms with Crippen molar-refractivity contribution in [2.75, 3.05) is 0 Å². The van der Waals surface area contributed by atoms with Gasteiger partial charge < -0.3 is 10.3 Å². The minimum Gasteiger partial charge on any atom is -0.363 e. The summed E-state index contributed by atoms with van der Waals surface area (Å²) in [5.41, 5.74) is 5.20. The molecule has 0 aromatic carbocycles. The zero-order chi connectivity index (χ0) is 10.9. The Hall–Kier alpha value is -1.39. The molecule has 0 saturated carbocycles. The number of primary amides is 1. The van der Waals surface area contributed by atoms with Crippen LogP contribution < -0.4 is 5.73 Å². The molecule has 0 spiro atoms. The van der Waals surface area contributed by atoms with E-state index >= 15 is 0 Å². The third-order valence-corrected chi connectivity index (χ3v) is 1.98. The normalized spacial score (nSPS) is 11.3. The fourth-order valence-corrected chi connectivity index (χ4v) is 1.37. The standard InChI is InChI=1S/C9H16N4O/c1-5(2)8-11-12-9(7(10)14)13(8)6(3)4/h5-6H,1-4H3,(H2,10,14). The molecule has 0 aliphatic heterocycles. The summed E-state index contributed by atoms with van der Waals surface area (Å²) in [6.07, 6.45) is 0. The molecule has 5 heteroatoms. The van der Waals surface area contributed by atoms with Gasteiger partial charge in [0.25, 0.3) is 5.91 Å². The number of hydrogen-bond donors (Lipinski definition) is 1. The van der Waals surface area contributed by atoms with Crippen molar-refractivity contribution in [3.05, 3.63) is 11.6 Å². The van der Waals surface area contributed by atoms with Crippen LogP contribution in [0.25, 0.3) is 0 Å². The average Bonchev–Trinajstić information content (AvgIpc) is 2.46. The molecular weight excluding hydrogens is 180 g/mol. The molecule has 0 saturated heterocycles. The molecule has 0 atom stereocenters. The molecule has 78 valence electrons. The molecular formula is C9H16N4O. The second-order valence-corrected chi connectivity index (χ2v) is 3.86. The van der Waals surface area contributed by atoms with Gasteiger partial charge in [0.2, 0.25) is 5.82 Å². The van der Waals surface area contributed by atoms with Gasteiger partial charge in [-0.2, -0.15) is 0 Å². The largest absolute Gasteiger partial charge is 0.363 e. The van der Waals surface area contributed by atoms with Gasteiger partial charge in [0.05, 0.1) is 0 Å². The summed E-state index contributed by atoms with van der Waals surface area (Å²) >= 11 is 0. The highest BCUT2D eigenvalue weighted by Gasteiger charge is 2.19. The van der Waals surface area contributed by atoms with Crippen LogP contribution in [0.3, 0.4) is 0 Å². The zero-order valence-electron chi connectivity index (χ0n) is 8.98. The molecule has 1 rings (SSSR count). The van der Waals surface area contributed by atoms with Gasteiger partial charge in [0, 0.05) is 12.0 Å². The molecule has 0 unspecified atom stereocenters. The van der Waals surface area contributed by atoms with E-state index in [1.54, 1.807) is 4.57 Å². The van der Waals surface area contributed by atoms with Crippen LogP contribution in [0.5, 0.6) is 0 Å². The predicted octanol–water partition coefficient (Wildman–Crippen LogP) is 1.08. The van der Waals surface area contributed by atoms with E-state index in [1.165, 1.54) is 0 Å². The average molecular weight is 196 g/mol. The van der Waals surface area contributed by atoms with Gasteiger partial charge in [0.15, 0.2) is 0 Å². The Bertz CT molecular complexity index is 341. The number of carbonyl (C=O) groups is 1. The van der Waals surface area contributed by atoms with Crippen LogP contribution >= 0.6 is 0 Å². The van der Waals surface area contributed by atoms with E-state index in [0.29, 0.717) is 0 Å². The van der Waals surface area contributed by atoms with Crippen LogP contribution in [0.2, 0.25) is 0 Å². The first kappa shape index (κ1) is 10.7. The molecule has 5 nitrogen and oxygen atoms in total. The molecule has 1 heterocycles. The van der Waals surface area contributed by atoms with Crippen molar-refractivity contribution in [2.45, 2.75) is 39.7 Å². The monoisotopic (exact) mass is 196 g/mol. The maximum Gasteiger partial charge on any atom is 0.286 e. The summed E-state index contributed by atoms with van der Waals surface area (Å²) in [5, 5.41) is 7.77. The quantitative estimate of drug-likeness (QED) is 0.786. The van der Waals surface area contributed by atoms with Crippen molar-refractivity contribution in [3.63, 3.8) is 0 Å². The first-order chi connectivity index (χ1) is 6.45.